The third-order valence-electron chi connectivity index (χ3n) is 5.42. The van der Waals surface area contributed by atoms with Crippen LogP contribution < -0.4 is 5.32 Å². The van der Waals surface area contributed by atoms with E-state index in [-0.39, 0.29) is 11.8 Å². The molecule has 2 aromatic carbocycles. The number of aromatic amines is 1. The van der Waals surface area contributed by atoms with Gasteiger partial charge in [0.25, 0.3) is 0 Å². The molecule has 2 N–H and O–H groups in total. The zero-order chi connectivity index (χ0) is 22.0. The van der Waals surface area contributed by atoms with Gasteiger partial charge in [0.2, 0.25) is 5.91 Å². The molecule has 4 rings (SSSR count). The molecule has 1 atom stereocenters. The van der Waals surface area contributed by atoms with E-state index in [1.54, 1.807) is 4.68 Å². The number of carbonyl (C=O) groups excluding carboxylic acids is 1. The van der Waals surface area contributed by atoms with Gasteiger partial charge in [-0.2, -0.15) is 5.10 Å². The van der Waals surface area contributed by atoms with Crippen molar-refractivity contribution in [2.45, 2.75) is 47.1 Å². The van der Waals surface area contributed by atoms with E-state index in [4.69, 9.17) is 0 Å². The molecule has 0 radical (unpaired) electrons. The second kappa shape index (κ2) is 8.71. The van der Waals surface area contributed by atoms with Crippen LogP contribution in [0.3, 0.4) is 0 Å². The van der Waals surface area contributed by atoms with Crippen LogP contribution in [0.25, 0.3) is 11.0 Å². The molecular formula is C24H28N6O. The van der Waals surface area contributed by atoms with Gasteiger partial charge in [-0.1, -0.05) is 25.1 Å². The van der Waals surface area contributed by atoms with Gasteiger partial charge in [-0.15, -0.1) is 0 Å². The van der Waals surface area contributed by atoms with Crippen LogP contribution in [0.2, 0.25) is 0 Å². The maximum Gasteiger partial charge on any atom is 0.229 e. The van der Waals surface area contributed by atoms with Gasteiger partial charge in [0.15, 0.2) is 0 Å². The Balaban J connectivity index is 1.32. The van der Waals surface area contributed by atoms with Crippen LogP contribution in [0.15, 0.2) is 42.5 Å². The Hall–Kier alpha value is -3.48. The van der Waals surface area contributed by atoms with Crippen molar-refractivity contribution in [3.63, 3.8) is 0 Å². The molecular weight excluding hydrogens is 388 g/mol. The van der Waals surface area contributed by atoms with Gasteiger partial charge in [0.1, 0.15) is 17.5 Å². The van der Waals surface area contributed by atoms with E-state index in [1.165, 1.54) is 11.1 Å². The molecule has 7 nitrogen and oxygen atoms in total. The molecule has 31 heavy (non-hydrogen) atoms. The first-order valence-corrected chi connectivity index (χ1v) is 10.6. The van der Waals surface area contributed by atoms with E-state index < -0.39 is 0 Å². The Labute approximate surface area is 181 Å². The minimum Gasteiger partial charge on any atom is -0.342 e. The van der Waals surface area contributed by atoms with Gasteiger partial charge in [-0.3, -0.25) is 4.79 Å². The summed E-state index contributed by atoms with van der Waals surface area (Å²) < 4.78 is 1.78. The summed E-state index contributed by atoms with van der Waals surface area (Å²) in [4.78, 5) is 24.9. The molecule has 0 spiro atoms. The summed E-state index contributed by atoms with van der Waals surface area (Å²) in [6.07, 6.45) is 1.72. The Bertz CT molecular complexity index is 1200. The van der Waals surface area contributed by atoms with E-state index in [0.717, 1.165) is 47.0 Å². The summed E-state index contributed by atoms with van der Waals surface area (Å²) in [6, 6.07) is 14.3. The molecule has 0 saturated carbocycles. The molecule has 160 valence electrons. The number of aromatic nitrogens is 5. The van der Waals surface area contributed by atoms with E-state index >= 15 is 0 Å². The summed E-state index contributed by atoms with van der Waals surface area (Å²) in [5.74, 6) is 2.29. The highest BCUT2D eigenvalue weighted by atomic mass is 16.1. The number of aryl methyl sites for hydroxylation is 5. The SMILES string of the molecule is Cc1ccc2nc(CCc3ccc(NC(=O)[C@@H](C)Cn4nc(C)nc4C)cc3)[nH]c2c1. The molecule has 0 aliphatic carbocycles. The Morgan fingerprint density at radius 3 is 2.55 bits per heavy atom. The summed E-state index contributed by atoms with van der Waals surface area (Å²) >= 11 is 0. The largest absolute Gasteiger partial charge is 0.342 e. The van der Waals surface area contributed by atoms with Crippen LogP contribution >= 0.6 is 0 Å². The van der Waals surface area contributed by atoms with Crippen molar-refractivity contribution in [3.8, 4) is 0 Å². The number of nitrogens with zero attached hydrogens (tertiary/aromatic N) is 4. The number of carbonyl (C=O) groups is 1. The number of hydrogen-bond donors (Lipinski definition) is 2. The summed E-state index contributed by atoms with van der Waals surface area (Å²) in [5, 5.41) is 7.33. The van der Waals surface area contributed by atoms with Crippen molar-refractivity contribution in [1.29, 1.82) is 0 Å². The normalized spacial score (nSPS) is 12.3. The molecule has 0 unspecified atom stereocenters. The predicted molar refractivity (Wildman–Crippen MR) is 122 cm³/mol. The number of fused-ring (bicyclic) bond motifs is 1. The fraction of sp³-hybridized carbons (Fsp3) is 0.333. The van der Waals surface area contributed by atoms with Gasteiger partial charge in [-0.05, 0) is 62.6 Å². The first-order valence-electron chi connectivity index (χ1n) is 10.6. The van der Waals surface area contributed by atoms with Gasteiger partial charge in [0, 0.05) is 12.1 Å². The Kier molecular flexibility index (Phi) is 5.84. The zero-order valence-corrected chi connectivity index (χ0v) is 18.4. The first kappa shape index (κ1) is 20.8. The lowest BCUT2D eigenvalue weighted by Crippen LogP contribution is -2.25. The highest BCUT2D eigenvalue weighted by molar-refractivity contribution is 5.92. The number of imidazole rings is 1. The van der Waals surface area contributed by atoms with Crippen molar-refractivity contribution < 1.29 is 4.79 Å². The lowest BCUT2D eigenvalue weighted by molar-refractivity contribution is -0.119. The third-order valence-corrected chi connectivity index (χ3v) is 5.42. The molecule has 4 aromatic rings. The van der Waals surface area contributed by atoms with Gasteiger partial charge in [0.05, 0.1) is 23.5 Å². The lowest BCUT2D eigenvalue weighted by atomic mass is 10.1. The third kappa shape index (κ3) is 4.99. The molecule has 2 aromatic heterocycles. The van der Waals surface area contributed by atoms with Gasteiger partial charge >= 0.3 is 0 Å². The van der Waals surface area contributed by atoms with Crippen LogP contribution in [0.5, 0.6) is 0 Å². The quantitative estimate of drug-likeness (QED) is 0.474. The minimum atomic E-state index is -0.212. The number of rotatable bonds is 7. The van der Waals surface area contributed by atoms with Gasteiger partial charge < -0.3 is 10.3 Å². The van der Waals surface area contributed by atoms with Crippen molar-refractivity contribution in [1.82, 2.24) is 24.7 Å². The molecule has 1 amide bonds. The van der Waals surface area contributed by atoms with Crippen LogP contribution in [0.1, 0.15) is 35.5 Å². The predicted octanol–water partition coefficient (Wildman–Crippen LogP) is 4.14. The van der Waals surface area contributed by atoms with Crippen molar-refractivity contribution in [3.05, 3.63) is 71.1 Å². The fourth-order valence-electron chi connectivity index (χ4n) is 3.65. The fourth-order valence-corrected chi connectivity index (χ4v) is 3.65. The minimum absolute atomic E-state index is 0.0297. The zero-order valence-electron chi connectivity index (χ0n) is 18.4. The number of benzene rings is 2. The number of amides is 1. The van der Waals surface area contributed by atoms with Gasteiger partial charge in [-0.25, -0.2) is 14.6 Å². The van der Waals surface area contributed by atoms with Crippen LogP contribution in [0.4, 0.5) is 5.69 Å². The summed E-state index contributed by atoms with van der Waals surface area (Å²) in [6.45, 7) is 8.24. The maximum absolute atomic E-state index is 12.6. The Morgan fingerprint density at radius 2 is 1.84 bits per heavy atom. The molecule has 0 aliphatic rings. The van der Waals surface area contributed by atoms with Crippen LogP contribution in [-0.2, 0) is 24.2 Å². The Morgan fingerprint density at radius 1 is 1.06 bits per heavy atom. The summed E-state index contributed by atoms with van der Waals surface area (Å²) in [5.41, 5.74) is 5.31. The highest BCUT2D eigenvalue weighted by Gasteiger charge is 2.16. The van der Waals surface area contributed by atoms with Crippen molar-refractivity contribution >= 4 is 22.6 Å². The topological polar surface area (TPSA) is 88.5 Å². The van der Waals surface area contributed by atoms with Crippen molar-refractivity contribution in [2.75, 3.05) is 5.32 Å². The highest BCUT2D eigenvalue weighted by Crippen LogP contribution is 2.16. The molecule has 0 aliphatic heterocycles. The maximum atomic E-state index is 12.6. The van der Waals surface area contributed by atoms with E-state index in [9.17, 15) is 4.79 Å². The van der Waals surface area contributed by atoms with Crippen molar-refractivity contribution in [2.24, 2.45) is 5.92 Å². The molecule has 2 heterocycles. The molecule has 0 saturated heterocycles. The van der Waals surface area contributed by atoms with E-state index in [0.29, 0.717) is 6.54 Å². The first-order chi connectivity index (χ1) is 14.9. The average Bonchev–Trinajstić information content (AvgIpc) is 3.28. The average molecular weight is 417 g/mol. The molecule has 0 bridgehead atoms. The number of anilines is 1. The van der Waals surface area contributed by atoms with Crippen LogP contribution in [0, 0.1) is 26.7 Å². The molecule has 7 heteroatoms. The number of nitrogens with one attached hydrogen (secondary N) is 2. The standard InChI is InChI=1S/C24H28N6O/c1-15-5-11-21-22(13-15)28-23(27-21)12-8-19-6-9-20(10-7-19)26-24(31)16(2)14-30-18(4)25-17(3)29-30/h5-7,9-11,13,16H,8,12,14H2,1-4H3,(H,26,31)(H,27,28)/t16-/m0/s1. The second-order valence-electron chi connectivity index (χ2n) is 8.18. The van der Waals surface area contributed by atoms with E-state index in [1.807, 2.05) is 32.9 Å². The lowest BCUT2D eigenvalue weighted by Gasteiger charge is -2.13. The second-order valence-corrected chi connectivity index (χ2v) is 8.18. The van der Waals surface area contributed by atoms with Crippen LogP contribution in [-0.4, -0.2) is 30.6 Å². The molecule has 0 fully saturated rings. The number of H-pyrrole nitrogens is 1. The smallest absolute Gasteiger partial charge is 0.229 e. The monoisotopic (exact) mass is 416 g/mol. The van der Waals surface area contributed by atoms with E-state index in [2.05, 4.69) is 62.6 Å². The summed E-state index contributed by atoms with van der Waals surface area (Å²) in [7, 11) is 0. The number of hydrogen-bond acceptors (Lipinski definition) is 4.